The molecule has 3 rings (SSSR count). The molecule has 0 bridgehead atoms. The SMILES string of the molecule is CC(C)C#CCc1nc2c(N3CC3C(F)(F)F)cccc2n1C(N)=O. The van der Waals surface area contributed by atoms with Gasteiger partial charge < -0.3 is 10.6 Å². The minimum atomic E-state index is -4.29. The first kappa shape index (κ1) is 17.1. The summed E-state index contributed by atoms with van der Waals surface area (Å²) in [4.78, 5) is 17.4. The largest absolute Gasteiger partial charge is 0.410 e. The van der Waals surface area contributed by atoms with Gasteiger partial charge in [0.2, 0.25) is 0 Å². The van der Waals surface area contributed by atoms with Gasteiger partial charge in [0.05, 0.1) is 17.6 Å². The quantitative estimate of drug-likeness (QED) is 0.669. The second-order valence-electron chi connectivity index (χ2n) is 6.21. The first-order valence-electron chi connectivity index (χ1n) is 7.82. The van der Waals surface area contributed by atoms with Gasteiger partial charge in [-0.25, -0.2) is 14.3 Å². The molecular formula is C17H17F3N4O. The van der Waals surface area contributed by atoms with Crippen molar-refractivity contribution in [3.05, 3.63) is 24.0 Å². The summed E-state index contributed by atoms with van der Waals surface area (Å²) in [5.74, 6) is 6.37. The lowest BCUT2D eigenvalue weighted by molar-refractivity contribution is -0.125. The molecule has 25 heavy (non-hydrogen) atoms. The van der Waals surface area contributed by atoms with Crippen molar-refractivity contribution in [1.29, 1.82) is 0 Å². The number of benzene rings is 1. The van der Waals surface area contributed by atoms with E-state index in [1.54, 1.807) is 18.2 Å². The van der Waals surface area contributed by atoms with Crippen molar-refractivity contribution >= 4 is 22.8 Å². The Morgan fingerprint density at radius 1 is 1.44 bits per heavy atom. The van der Waals surface area contributed by atoms with Crippen LogP contribution < -0.4 is 10.6 Å². The van der Waals surface area contributed by atoms with Crippen LogP contribution in [0.5, 0.6) is 0 Å². The van der Waals surface area contributed by atoms with Crippen molar-refractivity contribution in [2.45, 2.75) is 32.5 Å². The highest BCUT2D eigenvalue weighted by atomic mass is 19.4. The van der Waals surface area contributed by atoms with Crippen LogP contribution in [-0.2, 0) is 6.42 Å². The lowest BCUT2D eigenvalue weighted by atomic mass is 10.2. The molecule has 132 valence electrons. The number of carbonyl (C=O) groups excluding carboxylic acids is 1. The topological polar surface area (TPSA) is 63.9 Å². The van der Waals surface area contributed by atoms with Crippen molar-refractivity contribution in [3.8, 4) is 11.8 Å². The van der Waals surface area contributed by atoms with Crippen LogP contribution in [0, 0.1) is 17.8 Å². The second kappa shape index (κ2) is 5.99. The molecule has 1 aromatic carbocycles. The van der Waals surface area contributed by atoms with Crippen LogP contribution in [0.15, 0.2) is 18.2 Å². The van der Waals surface area contributed by atoms with E-state index in [2.05, 4.69) is 16.8 Å². The average molecular weight is 350 g/mol. The van der Waals surface area contributed by atoms with Crippen LogP contribution in [0.4, 0.5) is 23.7 Å². The predicted molar refractivity (Wildman–Crippen MR) is 88.2 cm³/mol. The number of primary amides is 1. The van der Waals surface area contributed by atoms with Crippen molar-refractivity contribution in [2.24, 2.45) is 11.7 Å². The number of imidazole rings is 1. The van der Waals surface area contributed by atoms with Crippen LogP contribution in [0.2, 0.25) is 0 Å². The van der Waals surface area contributed by atoms with Crippen LogP contribution in [0.1, 0.15) is 19.7 Å². The maximum Gasteiger partial charge on any atom is 0.410 e. The predicted octanol–water partition coefficient (Wildman–Crippen LogP) is 2.92. The number of fused-ring (bicyclic) bond motifs is 1. The van der Waals surface area contributed by atoms with Crippen molar-refractivity contribution in [2.75, 3.05) is 11.4 Å². The van der Waals surface area contributed by atoms with Gasteiger partial charge >= 0.3 is 12.2 Å². The summed E-state index contributed by atoms with van der Waals surface area (Å²) in [6.45, 7) is 3.74. The van der Waals surface area contributed by atoms with Crippen LogP contribution >= 0.6 is 0 Å². The Hall–Kier alpha value is -2.69. The lowest BCUT2D eigenvalue weighted by Gasteiger charge is -2.09. The van der Waals surface area contributed by atoms with Gasteiger partial charge in [-0.05, 0) is 12.1 Å². The van der Waals surface area contributed by atoms with Crippen LogP contribution in [0.25, 0.3) is 11.0 Å². The highest BCUT2D eigenvalue weighted by molar-refractivity contribution is 5.96. The summed E-state index contributed by atoms with van der Waals surface area (Å²) in [5.41, 5.74) is 6.50. The van der Waals surface area contributed by atoms with Crippen molar-refractivity contribution < 1.29 is 18.0 Å². The molecule has 2 N–H and O–H groups in total. The fraction of sp³-hybridized carbons (Fsp3) is 0.412. The lowest BCUT2D eigenvalue weighted by Crippen LogP contribution is -2.22. The summed E-state index contributed by atoms with van der Waals surface area (Å²) >= 11 is 0. The third kappa shape index (κ3) is 3.27. The highest BCUT2D eigenvalue weighted by Crippen LogP contribution is 2.41. The van der Waals surface area contributed by atoms with E-state index in [0.717, 1.165) is 0 Å². The van der Waals surface area contributed by atoms with Crippen LogP contribution in [-0.4, -0.2) is 34.3 Å². The molecule has 0 aliphatic carbocycles. The van der Waals surface area contributed by atoms with Gasteiger partial charge in [-0.1, -0.05) is 25.8 Å². The molecule has 0 saturated carbocycles. The molecule has 1 fully saturated rings. The maximum atomic E-state index is 12.9. The van der Waals surface area contributed by atoms with Gasteiger partial charge in [-0.2, -0.15) is 13.2 Å². The first-order chi connectivity index (χ1) is 11.7. The number of alkyl halides is 3. The molecule has 1 unspecified atom stereocenters. The normalized spacial score (nSPS) is 16.9. The summed E-state index contributed by atoms with van der Waals surface area (Å²) in [7, 11) is 0. The van der Waals surface area contributed by atoms with Crippen molar-refractivity contribution in [3.63, 3.8) is 0 Å². The molecule has 1 atom stereocenters. The molecule has 1 aliphatic heterocycles. The maximum absolute atomic E-state index is 12.9. The van der Waals surface area contributed by atoms with Gasteiger partial charge in [-0.3, -0.25) is 0 Å². The van der Waals surface area contributed by atoms with Gasteiger partial charge in [0, 0.05) is 12.5 Å². The molecular weight excluding hydrogens is 333 g/mol. The zero-order valence-corrected chi connectivity index (χ0v) is 13.8. The number of carbonyl (C=O) groups is 1. The number of anilines is 1. The third-order valence-electron chi connectivity index (χ3n) is 3.89. The molecule has 1 aromatic heterocycles. The Kier molecular flexibility index (Phi) is 4.11. The van der Waals surface area contributed by atoms with E-state index in [-0.39, 0.29) is 18.9 Å². The zero-order valence-electron chi connectivity index (χ0n) is 13.8. The van der Waals surface area contributed by atoms with E-state index in [4.69, 9.17) is 5.73 Å². The summed E-state index contributed by atoms with van der Waals surface area (Å²) in [6.07, 6.45) is -4.10. The van der Waals surface area contributed by atoms with Crippen molar-refractivity contribution in [1.82, 2.24) is 9.55 Å². The van der Waals surface area contributed by atoms with E-state index in [0.29, 0.717) is 22.5 Å². The van der Waals surface area contributed by atoms with Gasteiger partial charge in [0.1, 0.15) is 17.4 Å². The average Bonchev–Trinajstić information content (AvgIpc) is 3.21. The Bertz CT molecular complexity index is 889. The standard InChI is InChI=1S/C17H17F3N4O/c1-10(2)5-3-8-14-22-15-11(23-9-13(23)17(18,19)20)6-4-7-12(15)24(14)16(21)25/h4,6-7,10,13H,8-9H2,1-2H3,(H2,21,25). The van der Waals surface area contributed by atoms with E-state index >= 15 is 0 Å². The molecule has 1 amide bonds. The van der Waals surface area contributed by atoms with E-state index in [1.165, 1.54) is 9.47 Å². The summed E-state index contributed by atoms with van der Waals surface area (Å²) in [5, 5.41) is 0. The number of nitrogens with two attached hydrogens (primary N) is 1. The smallest absolute Gasteiger partial charge is 0.354 e. The zero-order chi connectivity index (χ0) is 18.4. The molecule has 0 spiro atoms. The minimum Gasteiger partial charge on any atom is -0.354 e. The highest BCUT2D eigenvalue weighted by Gasteiger charge is 2.55. The fourth-order valence-corrected chi connectivity index (χ4v) is 2.75. The number of nitrogens with zero attached hydrogens (tertiary/aromatic N) is 3. The Balaban J connectivity index is 2.05. The molecule has 8 heteroatoms. The van der Waals surface area contributed by atoms with Crippen LogP contribution in [0.3, 0.4) is 0 Å². The van der Waals surface area contributed by atoms with Gasteiger partial charge in [0.25, 0.3) is 0 Å². The Morgan fingerprint density at radius 2 is 2.16 bits per heavy atom. The molecule has 1 saturated heterocycles. The summed E-state index contributed by atoms with van der Waals surface area (Å²) < 4.78 is 39.8. The fourth-order valence-electron chi connectivity index (χ4n) is 2.75. The van der Waals surface area contributed by atoms with Gasteiger partial charge in [0.15, 0.2) is 0 Å². The minimum absolute atomic E-state index is 0.117. The number of para-hydroxylation sites is 1. The van der Waals surface area contributed by atoms with E-state index < -0.39 is 18.2 Å². The first-order valence-corrected chi connectivity index (χ1v) is 7.82. The Morgan fingerprint density at radius 3 is 2.72 bits per heavy atom. The summed E-state index contributed by atoms with van der Waals surface area (Å²) in [6, 6.07) is 2.52. The van der Waals surface area contributed by atoms with E-state index in [9.17, 15) is 18.0 Å². The number of aromatic nitrogens is 2. The van der Waals surface area contributed by atoms with Gasteiger partial charge in [-0.15, -0.1) is 5.92 Å². The molecule has 2 aromatic rings. The number of halogens is 3. The monoisotopic (exact) mass is 350 g/mol. The molecule has 2 heterocycles. The molecule has 5 nitrogen and oxygen atoms in total. The molecule has 1 aliphatic rings. The molecule has 0 radical (unpaired) electrons. The Labute approximate surface area is 142 Å². The van der Waals surface area contributed by atoms with E-state index in [1.807, 2.05) is 13.8 Å². The number of rotatable bonds is 2. The third-order valence-corrected chi connectivity index (χ3v) is 3.89. The second-order valence-corrected chi connectivity index (χ2v) is 6.21. The number of hydrogen-bond acceptors (Lipinski definition) is 3. The number of amides is 1. The number of hydrogen-bond donors (Lipinski definition) is 1.